The molecule has 4 rings (SSSR count). The van der Waals surface area contributed by atoms with Crippen LogP contribution in [0, 0.1) is 18.3 Å². The first kappa shape index (κ1) is 21.7. The second-order valence-electron chi connectivity index (χ2n) is 7.53. The highest BCUT2D eigenvalue weighted by molar-refractivity contribution is 6.29. The summed E-state index contributed by atoms with van der Waals surface area (Å²) in [5.41, 5.74) is 3.49. The third-order valence-electron chi connectivity index (χ3n) is 5.24. The molecule has 2 N–H and O–H groups in total. The molecule has 0 spiro atoms. The van der Waals surface area contributed by atoms with Crippen LogP contribution in [0.1, 0.15) is 40.3 Å². The number of hydrogen-bond donors (Lipinski definition) is 2. The Morgan fingerprint density at radius 3 is 2.72 bits per heavy atom. The third-order valence-corrected chi connectivity index (χ3v) is 5.45. The number of anilines is 2. The predicted octanol–water partition coefficient (Wildman–Crippen LogP) is 3.57. The number of morpholine rings is 1. The van der Waals surface area contributed by atoms with Crippen molar-refractivity contribution in [1.82, 2.24) is 15.0 Å². The molecular weight excluding hydrogens is 432 g/mol. The van der Waals surface area contributed by atoms with E-state index in [1.54, 1.807) is 6.07 Å². The van der Waals surface area contributed by atoms with Crippen LogP contribution in [0.2, 0.25) is 5.15 Å². The van der Waals surface area contributed by atoms with E-state index in [0.29, 0.717) is 48.8 Å². The van der Waals surface area contributed by atoms with Crippen LogP contribution in [-0.4, -0.2) is 52.3 Å². The molecule has 0 bridgehead atoms. The molecule has 1 aliphatic heterocycles. The molecule has 164 valence electrons. The van der Waals surface area contributed by atoms with E-state index in [1.165, 1.54) is 6.07 Å². The van der Waals surface area contributed by atoms with Gasteiger partial charge in [-0.1, -0.05) is 17.7 Å². The molecule has 10 heteroatoms. The number of benzene rings is 1. The largest absolute Gasteiger partial charge is 0.476 e. The number of hydrogen-bond acceptors (Lipinski definition) is 8. The number of carboxylic acids is 1. The van der Waals surface area contributed by atoms with Crippen molar-refractivity contribution in [1.29, 1.82) is 5.26 Å². The normalized spacial score (nSPS) is 14.8. The van der Waals surface area contributed by atoms with Crippen molar-refractivity contribution in [2.45, 2.75) is 19.9 Å². The van der Waals surface area contributed by atoms with Gasteiger partial charge in [-0.25, -0.2) is 19.7 Å². The van der Waals surface area contributed by atoms with Gasteiger partial charge in [-0.3, -0.25) is 0 Å². The summed E-state index contributed by atoms with van der Waals surface area (Å²) in [4.78, 5) is 27.0. The van der Waals surface area contributed by atoms with Crippen molar-refractivity contribution in [2.24, 2.45) is 0 Å². The van der Waals surface area contributed by atoms with Gasteiger partial charge in [0, 0.05) is 18.7 Å². The number of carboxylic acid groups (broad SMARTS) is 1. The number of aromatic carboxylic acids is 1. The number of pyridine rings is 1. The SMILES string of the molecule is Cc1cc([C@@H](C)Nc2ccc(Cl)nc2C(=O)O)c2nc(N3CCOCC3)c(C#N)nc2c1. The summed E-state index contributed by atoms with van der Waals surface area (Å²) < 4.78 is 5.42. The van der Waals surface area contributed by atoms with E-state index in [1.807, 2.05) is 30.9 Å². The van der Waals surface area contributed by atoms with Crippen LogP contribution in [0.4, 0.5) is 11.5 Å². The Morgan fingerprint density at radius 2 is 2.03 bits per heavy atom. The fraction of sp³-hybridized carbons (Fsp3) is 0.318. The van der Waals surface area contributed by atoms with Crippen LogP contribution in [-0.2, 0) is 4.74 Å². The molecule has 1 aliphatic rings. The van der Waals surface area contributed by atoms with E-state index in [2.05, 4.69) is 21.4 Å². The fourth-order valence-electron chi connectivity index (χ4n) is 3.75. The van der Waals surface area contributed by atoms with Gasteiger partial charge < -0.3 is 20.1 Å². The minimum atomic E-state index is -1.18. The van der Waals surface area contributed by atoms with Crippen molar-refractivity contribution >= 4 is 40.1 Å². The van der Waals surface area contributed by atoms with Crippen LogP contribution >= 0.6 is 11.6 Å². The maximum Gasteiger partial charge on any atom is 0.356 e. The number of fused-ring (bicyclic) bond motifs is 1. The summed E-state index contributed by atoms with van der Waals surface area (Å²) in [6.45, 7) is 6.22. The first-order valence-electron chi connectivity index (χ1n) is 10.1. The first-order valence-corrected chi connectivity index (χ1v) is 10.5. The molecule has 3 aromatic rings. The predicted molar refractivity (Wildman–Crippen MR) is 120 cm³/mol. The fourth-order valence-corrected chi connectivity index (χ4v) is 3.90. The van der Waals surface area contributed by atoms with Gasteiger partial charge in [-0.15, -0.1) is 0 Å². The van der Waals surface area contributed by atoms with Gasteiger partial charge in [0.1, 0.15) is 11.2 Å². The van der Waals surface area contributed by atoms with E-state index >= 15 is 0 Å². The second-order valence-corrected chi connectivity index (χ2v) is 7.92. The molecule has 0 unspecified atom stereocenters. The second kappa shape index (κ2) is 8.94. The molecule has 0 amide bonds. The zero-order valence-electron chi connectivity index (χ0n) is 17.6. The highest BCUT2D eigenvalue weighted by Crippen LogP contribution is 2.30. The quantitative estimate of drug-likeness (QED) is 0.559. The Labute approximate surface area is 189 Å². The summed E-state index contributed by atoms with van der Waals surface area (Å²) in [6, 6.07) is 8.83. The number of nitrogens with zero attached hydrogens (tertiary/aromatic N) is 5. The van der Waals surface area contributed by atoms with Crippen molar-refractivity contribution in [3.8, 4) is 6.07 Å². The van der Waals surface area contributed by atoms with E-state index in [0.717, 1.165) is 11.1 Å². The van der Waals surface area contributed by atoms with Gasteiger partial charge in [0.15, 0.2) is 17.2 Å². The van der Waals surface area contributed by atoms with Gasteiger partial charge in [0.2, 0.25) is 0 Å². The molecule has 2 aromatic heterocycles. The summed E-state index contributed by atoms with van der Waals surface area (Å²) >= 11 is 5.87. The number of carbonyl (C=O) groups is 1. The van der Waals surface area contributed by atoms with Crippen LogP contribution in [0.15, 0.2) is 24.3 Å². The number of halogens is 1. The Kier molecular flexibility index (Phi) is 6.08. The minimum Gasteiger partial charge on any atom is -0.476 e. The smallest absolute Gasteiger partial charge is 0.356 e. The molecule has 1 atom stereocenters. The van der Waals surface area contributed by atoms with E-state index in [4.69, 9.17) is 21.3 Å². The summed E-state index contributed by atoms with van der Waals surface area (Å²) in [6.07, 6.45) is 0. The lowest BCUT2D eigenvalue weighted by Crippen LogP contribution is -2.37. The molecule has 1 aromatic carbocycles. The van der Waals surface area contributed by atoms with Gasteiger partial charge in [-0.05, 0) is 37.6 Å². The molecule has 1 fully saturated rings. The van der Waals surface area contributed by atoms with Gasteiger partial charge in [-0.2, -0.15) is 5.26 Å². The van der Waals surface area contributed by atoms with Crippen molar-refractivity contribution < 1.29 is 14.6 Å². The lowest BCUT2D eigenvalue weighted by atomic mass is 10.0. The Hall–Kier alpha value is -3.48. The number of aryl methyl sites for hydroxylation is 1. The standard InChI is InChI=1S/C22H21ClN6O3/c1-12-9-14(13(2)25-15-3-4-18(23)27-20(15)22(30)31)19-16(10-12)26-17(11-24)21(28-19)29-5-7-32-8-6-29/h3-4,9-10,13,25H,5-8H2,1-2H3,(H,30,31)/t13-/m1/s1. The molecule has 9 nitrogen and oxygen atoms in total. The molecule has 0 aliphatic carbocycles. The lowest BCUT2D eigenvalue weighted by Gasteiger charge is -2.28. The molecule has 1 saturated heterocycles. The summed E-state index contributed by atoms with van der Waals surface area (Å²) in [5, 5.41) is 22.5. The zero-order valence-corrected chi connectivity index (χ0v) is 18.3. The minimum absolute atomic E-state index is 0.103. The average molecular weight is 453 g/mol. The summed E-state index contributed by atoms with van der Waals surface area (Å²) in [5.74, 6) is -0.649. The highest BCUT2D eigenvalue weighted by Gasteiger charge is 2.22. The third kappa shape index (κ3) is 4.28. The number of aromatic nitrogens is 3. The average Bonchev–Trinajstić information content (AvgIpc) is 2.79. The van der Waals surface area contributed by atoms with Crippen LogP contribution in [0.5, 0.6) is 0 Å². The molecule has 0 radical (unpaired) electrons. The summed E-state index contributed by atoms with van der Waals surface area (Å²) in [7, 11) is 0. The molecular formula is C22H21ClN6O3. The monoisotopic (exact) mass is 452 g/mol. The molecule has 32 heavy (non-hydrogen) atoms. The lowest BCUT2D eigenvalue weighted by molar-refractivity contribution is 0.0691. The first-order chi connectivity index (χ1) is 15.4. The van der Waals surface area contributed by atoms with E-state index in [9.17, 15) is 15.2 Å². The van der Waals surface area contributed by atoms with Crippen molar-refractivity contribution in [3.63, 3.8) is 0 Å². The topological polar surface area (TPSA) is 124 Å². The van der Waals surface area contributed by atoms with E-state index in [-0.39, 0.29) is 22.6 Å². The maximum absolute atomic E-state index is 11.6. The van der Waals surface area contributed by atoms with Crippen molar-refractivity contribution in [2.75, 3.05) is 36.5 Å². The van der Waals surface area contributed by atoms with Gasteiger partial charge >= 0.3 is 5.97 Å². The Bertz CT molecular complexity index is 1240. The maximum atomic E-state index is 11.6. The number of rotatable bonds is 5. The van der Waals surface area contributed by atoms with Gasteiger partial charge in [0.05, 0.1) is 36.0 Å². The van der Waals surface area contributed by atoms with Crippen LogP contribution in [0.3, 0.4) is 0 Å². The van der Waals surface area contributed by atoms with Gasteiger partial charge in [0.25, 0.3) is 0 Å². The number of nitriles is 1. The highest BCUT2D eigenvalue weighted by atomic mass is 35.5. The number of ether oxygens (including phenoxy) is 1. The van der Waals surface area contributed by atoms with E-state index < -0.39 is 5.97 Å². The zero-order chi connectivity index (χ0) is 22.8. The number of nitrogens with one attached hydrogen (secondary N) is 1. The molecule has 3 heterocycles. The van der Waals surface area contributed by atoms with Crippen molar-refractivity contribution in [3.05, 3.63) is 51.9 Å². The molecule has 0 saturated carbocycles. The Morgan fingerprint density at radius 1 is 1.28 bits per heavy atom. The van der Waals surface area contributed by atoms with Crippen LogP contribution in [0.25, 0.3) is 11.0 Å². The Balaban J connectivity index is 1.80. The van der Waals surface area contributed by atoms with Crippen LogP contribution < -0.4 is 10.2 Å².